The number of thiophene rings is 1. The van der Waals surface area contributed by atoms with Gasteiger partial charge in [0.15, 0.2) is 5.82 Å². The van der Waals surface area contributed by atoms with Crippen molar-refractivity contribution in [3.05, 3.63) is 136 Å². The first-order chi connectivity index (χ1) is 23.7. The van der Waals surface area contributed by atoms with Crippen molar-refractivity contribution in [2.45, 2.75) is 89.1 Å². The van der Waals surface area contributed by atoms with E-state index in [0.29, 0.717) is 18.8 Å². The van der Waals surface area contributed by atoms with E-state index in [4.69, 9.17) is 9.31 Å². The molecular weight excluding hydrogens is 631 g/mol. The van der Waals surface area contributed by atoms with E-state index in [2.05, 4.69) is 127 Å². The molecule has 0 saturated carbocycles. The monoisotopic (exact) mass is 676 g/mol. The molecule has 3 aromatic carbocycles. The number of nitrogens with zero attached hydrogens (tertiary/aromatic N) is 4. The predicted molar refractivity (Wildman–Crippen MR) is 194 cm³/mol. The molecule has 0 bridgehead atoms. The average Bonchev–Trinajstić information content (AvgIpc) is 3.84. The molecule has 1 unspecified atom stereocenters. The minimum Gasteiger partial charge on any atom is -0.403 e. The van der Waals surface area contributed by atoms with Crippen LogP contribution in [0.1, 0.15) is 80.4 Å². The van der Waals surface area contributed by atoms with E-state index in [-0.39, 0.29) is 36.8 Å². The average molecular weight is 677 g/mol. The summed E-state index contributed by atoms with van der Waals surface area (Å²) in [5.41, 5.74) is 1.77. The molecule has 9 nitrogen and oxygen atoms in total. The zero-order valence-electron chi connectivity index (χ0n) is 28.7. The number of tetrazole rings is 1. The summed E-state index contributed by atoms with van der Waals surface area (Å²) in [6.45, 7) is 8.81. The highest BCUT2D eigenvalue weighted by Gasteiger charge is 2.50. The van der Waals surface area contributed by atoms with Gasteiger partial charge in [0.05, 0.1) is 29.3 Å². The third-order valence-electron chi connectivity index (χ3n) is 9.70. The lowest BCUT2D eigenvalue weighted by atomic mass is 9.76. The number of nitrogens with one attached hydrogen (secondary N) is 2. The van der Waals surface area contributed by atoms with Crippen LogP contribution in [0.2, 0.25) is 6.32 Å². The van der Waals surface area contributed by atoms with Gasteiger partial charge in [0.2, 0.25) is 5.91 Å². The highest BCUT2D eigenvalue weighted by Crippen LogP contribution is 2.41. The fourth-order valence-corrected chi connectivity index (χ4v) is 7.09. The van der Waals surface area contributed by atoms with Crippen molar-refractivity contribution < 1.29 is 14.1 Å². The van der Waals surface area contributed by atoms with Crippen LogP contribution in [-0.4, -0.2) is 44.4 Å². The lowest BCUT2D eigenvalue weighted by Gasteiger charge is -2.40. The molecule has 1 fully saturated rings. The summed E-state index contributed by atoms with van der Waals surface area (Å²) in [6.07, 6.45) is 3.22. The van der Waals surface area contributed by atoms with E-state index in [0.717, 1.165) is 40.7 Å². The maximum Gasteiger partial charge on any atom is 0.457 e. The topological polar surface area (TPSA) is 103 Å². The largest absolute Gasteiger partial charge is 0.457 e. The Kier molecular flexibility index (Phi) is 10.7. The van der Waals surface area contributed by atoms with E-state index in [1.54, 1.807) is 16.0 Å². The van der Waals surface area contributed by atoms with E-state index in [9.17, 15) is 4.79 Å². The lowest BCUT2D eigenvalue weighted by Crippen LogP contribution is -2.47. The van der Waals surface area contributed by atoms with Crippen molar-refractivity contribution in [2.75, 3.05) is 0 Å². The molecule has 5 aromatic rings. The van der Waals surface area contributed by atoms with Crippen LogP contribution < -0.4 is 10.6 Å². The molecule has 1 amide bonds. The van der Waals surface area contributed by atoms with Crippen molar-refractivity contribution >= 4 is 24.4 Å². The summed E-state index contributed by atoms with van der Waals surface area (Å²) in [5, 5.41) is 22.1. The standard InChI is InChI=1S/C38H45BN6O3S/c1-36(2)37(3,4)48-39(47-36)25-15-14-24-33(35-42-43-44-45(35)28-34(46)40-27-32-23-16-26-49-32)41-38(29-17-8-5-9-18-29,30-19-10-6-11-20-30)31-21-12-7-13-22-31/h5-13,16-23,26,33,41H,14-15,24-25,27-28H2,1-4H3,(H,40,46). The number of carbonyl (C=O) groups excluding carboxylic acids is 1. The number of amides is 1. The van der Waals surface area contributed by atoms with Crippen LogP contribution in [0, 0.1) is 0 Å². The van der Waals surface area contributed by atoms with Crippen LogP contribution in [0.25, 0.3) is 0 Å². The van der Waals surface area contributed by atoms with Gasteiger partial charge in [-0.3, -0.25) is 10.1 Å². The van der Waals surface area contributed by atoms with Gasteiger partial charge in [-0.25, -0.2) is 4.68 Å². The Morgan fingerprint density at radius 2 is 1.41 bits per heavy atom. The van der Waals surface area contributed by atoms with E-state index < -0.39 is 5.54 Å². The molecule has 2 aromatic heterocycles. The second-order valence-electron chi connectivity index (χ2n) is 13.6. The Morgan fingerprint density at radius 3 is 1.94 bits per heavy atom. The molecular formula is C38H45BN6O3S. The molecule has 0 aliphatic carbocycles. The lowest BCUT2D eigenvalue weighted by molar-refractivity contribution is -0.122. The highest BCUT2D eigenvalue weighted by atomic mass is 32.1. The second-order valence-corrected chi connectivity index (χ2v) is 14.6. The van der Waals surface area contributed by atoms with Crippen molar-refractivity contribution in [3.8, 4) is 0 Å². The van der Waals surface area contributed by atoms with Crippen LogP contribution in [-0.2, 0) is 32.7 Å². The molecule has 1 atom stereocenters. The van der Waals surface area contributed by atoms with E-state index >= 15 is 0 Å². The zero-order valence-corrected chi connectivity index (χ0v) is 29.5. The quantitative estimate of drug-likeness (QED) is 0.0704. The molecule has 0 spiro atoms. The Hall–Kier alpha value is -4.16. The van der Waals surface area contributed by atoms with Crippen LogP contribution in [0.15, 0.2) is 109 Å². The minimum absolute atomic E-state index is 0.00875. The molecule has 49 heavy (non-hydrogen) atoms. The van der Waals surface area contributed by atoms with Gasteiger partial charge in [0.25, 0.3) is 0 Å². The van der Waals surface area contributed by atoms with Gasteiger partial charge < -0.3 is 14.6 Å². The Bertz CT molecular complexity index is 1650. The Morgan fingerprint density at radius 1 is 0.837 bits per heavy atom. The van der Waals surface area contributed by atoms with E-state index in [1.807, 2.05) is 35.7 Å². The van der Waals surface area contributed by atoms with Gasteiger partial charge >= 0.3 is 7.12 Å². The number of unbranched alkanes of at least 4 members (excludes halogenated alkanes) is 1. The van der Waals surface area contributed by atoms with Crippen molar-refractivity contribution in [1.82, 2.24) is 30.8 Å². The summed E-state index contributed by atoms with van der Waals surface area (Å²) in [5.74, 6) is 0.455. The van der Waals surface area contributed by atoms with Crippen LogP contribution in [0.3, 0.4) is 0 Å². The summed E-state index contributed by atoms with van der Waals surface area (Å²) in [4.78, 5) is 14.3. The van der Waals surface area contributed by atoms with Crippen LogP contribution in [0.4, 0.5) is 0 Å². The van der Waals surface area contributed by atoms with Crippen LogP contribution >= 0.6 is 11.3 Å². The first kappa shape index (κ1) is 34.7. The predicted octanol–water partition coefficient (Wildman–Crippen LogP) is 6.94. The maximum absolute atomic E-state index is 13.2. The number of hydrogen-bond donors (Lipinski definition) is 2. The Labute approximate surface area is 293 Å². The van der Waals surface area contributed by atoms with Crippen molar-refractivity contribution in [3.63, 3.8) is 0 Å². The molecule has 6 rings (SSSR count). The van der Waals surface area contributed by atoms with Crippen molar-refractivity contribution in [1.29, 1.82) is 0 Å². The fourth-order valence-electron chi connectivity index (χ4n) is 6.45. The first-order valence-corrected chi connectivity index (χ1v) is 17.9. The molecule has 1 aliphatic rings. The molecule has 254 valence electrons. The number of aromatic nitrogens is 4. The van der Waals surface area contributed by atoms with Gasteiger partial charge in [0.1, 0.15) is 6.54 Å². The molecule has 11 heteroatoms. The number of benzene rings is 3. The molecule has 3 heterocycles. The van der Waals surface area contributed by atoms with Gasteiger partial charge in [-0.15, -0.1) is 16.4 Å². The summed E-state index contributed by atoms with van der Waals surface area (Å²) >= 11 is 1.61. The molecule has 2 N–H and O–H groups in total. The van der Waals surface area contributed by atoms with Gasteiger partial charge in [-0.05, 0) is 79.0 Å². The minimum atomic E-state index is -0.752. The molecule has 0 radical (unpaired) electrons. The second kappa shape index (κ2) is 15.2. The van der Waals surface area contributed by atoms with Gasteiger partial charge in [0, 0.05) is 4.88 Å². The molecule has 1 saturated heterocycles. The normalized spacial score (nSPS) is 16.0. The number of carbonyl (C=O) groups is 1. The van der Waals surface area contributed by atoms with Gasteiger partial charge in [-0.2, -0.15) is 0 Å². The third kappa shape index (κ3) is 7.86. The summed E-state index contributed by atoms with van der Waals surface area (Å²) in [7, 11) is -0.259. The third-order valence-corrected chi connectivity index (χ3v) is 10.6. The fraction of sp³-hybridized carbons (Fsp3) is 0.368. The summed E-state index contributed by atoms with van der Waals surface area (Å²) < 4.78 is 14.2. The zero-order chi connectivity index (χ0) is 34.3. The Balaban J connectivity index is 1.32. The highest BCUT2D eigenvalue weighted by molar-refractivity contribution is 7.09. The van der Waals surface area contributed by atoms with E-state index in [1.165, 1.54) is 0 Å². The first-order valence-electron chi connectivity index (χ1n) is 17.0. The van der Waals surface area contributed by atoms with Crippen LogP contribution in [0.5, 0.6) is 0 Å². The maximum atomic E-state index is 13.2. The van der Waals surface area contributed by atoms with Gasteiger partial charge in [-0.1, -0.05) is 110 Å². The SMILES string of the molecule is CC1(C)OB(CCCCC(NC(c2ccccc2)(c2ccccc2)c2ccccc2)c2nnnn2CC(=O)NCc2cccs2)OC1(C)C. The number of rotatable bonds is 15. The summed E-state index contributed by atoms with van der Waals surface area (Å²) in [6, 6.07) is 35.1. The molecule has 1 aliphatic heterocycles. The van der Waals surface area contributed by atoms with Crippen molar-refractivity contribution in [2.24, 2.45) is 0 Å². The number of hydrogen-bond acceptors (Lipinski definition) is 8. The smallest absolute Gasteiger partial charge is 0.403 e.